The van der Waals surface area contributed by atoms with E-state index in [1.54, 1.807) is 0 Å². The molecule has 2 aliphatic rings. The predicted molar refractivity (Wildman–Crippen MR) is 103 cm³/mol. The van der Waals surface area contributed by atoms with Crippen molar-refractivity contribution >= 4 is 21.7 Å². The van der Waals surface area contributed by atoms with Gasteiger partial charge in [-0.15, -0.1) is 0 Å². The Labute approximate surface area is 185 Å². The van der Waals surface area contributed by atoms with E-state index >= 15 is 0 Å². The minimum absolute atomic E-state index is 0.0212. The summed E-state index contributed by atoms with van der Waals surface area (Å²) >= 11 is 0. The Hall–Kier alpha value is -2.35. The van der Waals surface area contributed by atoms with Crippen LogP contribution in [0.25, 0.3) is 0 Å². The summed E-state index contributed by atoms with van der Waals surface area (Å²) in [5, 5.41) is 9.80. The maximum Gasteiger partial charge on any atom is 0.490 e. The number of benzene rings is 1. The number of likely N-dealkylation sites (tertiary alicyclic amines) is 1. The average Bonchev–Trinajstić information content (AvgIpc) is 2.63. The Morgan fingerprint density at radius 3 is 2.36 bits per heavy atom. The smallest absolute Gasteiger partial charge is 0.475 e. The molecular weight excluding hydrogens is 482 g/mol. The van der Waals surface area contributed by atoms with E-state index in [9.17, 15) is 39.6 Å². The summed E-state index contributed by atoms with van der Waals surface area (Å²) in [5.74, 6) is -7.01. The third-order valence-electron chi connectivity index (χ3n) is 5.22. The zero-order valence-electron chi connectivity index (χ0n) is 17.4. The van der Waals surface area contributed by atoms with Crippen LogP contribution in [-0.2, 0) is 26.0 Å². The number of alkyl halides is 5. The van der Waals surface area contributed by atoms with Crippen molar-refractivity contribution in [1.82, 2.24) is 10.2 Å². The summed E-state index contributed by atoms with van der Waals surface area (Å²) in [4.78, 5) is 22.2. The monoisotopic (exact) mass is 504 g/mol. The summed E-state index contributed by atoms with van der Waals surface area (Å²) in [6.45, 7) is 0.156. The first-order valence-corrected chi connectivity index (χ1v) is 11.5. The van der Waals surface area contributed by atoms with E-state index in [1.165, 1.54) is 17.0 Å². The lowest BCUT2D eigenvalue weighted by Gasteiger charge is -2.46. The first-order valence-electron chi connectivity index (χ1n) is 9.62. The fourth-order valence-electron chi connectivity index (χ4n) is 3.97. The van der Waals surface area contributed by atoms with E-state index in [1.807, 2.05) is 0 Å². The summed E-state index contributed by atoms with van der Waals surface area (Å²) < 4.78 is 97.4. The number of hydrogen-bond donors (Lipinski definition) is 2. The number of carbonyl (C=O) groups is 2. The molecule has 2 saturated heterocycles. The quantitative estimate of drug-likeness (QED) is 0.614. The maximum absolute atomic E-state index is 14.3. The van der Waals surface area contributed by atoms with Crippen molar-refractivity contribution in [1.29, 1.82) is 0 Å². The van der Waals surface area contributed by atoms with Gasteiger partial charge in [0.15, 0.2) is 9.84 Å². The molecule has 1 aromatic carbocycles. The van der Waals surface area contributed by atoms with Crippen LogP contribution >= 0.6 is 0 Å². The fourth-order valence-corrected chi connectivity index (χ4v) is 4.76. The van der Waals surface area contributed by atoms with Crippen LogP contribution in [-0.4, -0.2) is 68.3 Å². The van der Waals surface area contributed by atoms with Crippen LogP contribution in [0, 0.1) is 11.2 Å². The molecule has 0 aliphatic carbocycles. The van der Waals surface area contributed by atoms with Crippen molar-refractivity contribution < 1.29 is 49.5 Å². The average molecular weight is 504 g/mol. The summed E-state index contributed by atoms with van der Waals surface area (Å²) in [7, 11) is -3.76. The second-order valence-corrected chi connectivity index (χ2v) is 10.1. The van der Waals surface area contributed by atoms with Crippen molar-refractivity contribution in [3.63, 3.8) is 0 Å². The van der Waals surface area contributed by atoms with E-state index in [2.05, 4.69) is 5.32 Å². The van der Waals surface area contributed by atoms with Crippen LogP contribution in [0.2, 0.25) is 0 Å². The number of halogens is 6. The highest BCUT2D eigenvalue weighted by atomic mass is 32.2. The van der Waals surface area contributed by atoms with Gasteiger partial charge >= 0.3 is 12.1 Å². The molecule has 1 amide bonds. The molecule has 2 heterocycles. The fraction of sp³-hybridized carbons (Fsp3) is 0.579. The molecule has 1 atom stereocenters. The number of carboxylic acids is 1. The molecule has 2 fully saturated rings. The number of hydrogen-bond acceptors (Lipinski definition) is 5. The first kappa shape index (κ1) is 26.9. The van der Waals surface area contributed by atoms with Gasteiger partial charge in [-0.25, -0.2) is 26.4 Å². The minimum atomic E-state index is -5.08. The highest BCUT2D eigenvalue weighted by Crippen LogP contribution is 2.43. The normalized spacial score (nSPS) is 23.4. The number of nitrogens with one attached hydrogen (secondary N) is 1. The van der Waals surface area contributed by atoms with Crippen LogP contribution in [0.5, 0.6) is 0 Å². The Balaban J connectivity index is 0.000000479. The summed E-state index contributed by atoms with van der Waals surface area (Å²) in [6.07, 6.45) is -3.64. The molecule has 186 valence electrons. The SMILES string of the molecule is CS(=O)(=O)c1cc(CN2CC(F)(F)CC3(CCCNC3=O)C2)ccc1F.O=C(O)C(F)(F)F. The molecule has 14 heteroatoms. The van der Waals surface area contributed by atoms with Gasteiger partial charge in [0.2, 0.25) is 5.91 Å². The van der Waals surface area contributed by atoms with Gasteiger partial charge in [-0.1, -0.05) is 6.07 Å². The molecule has 7 nitrogen and oxygen atoms in total. The van der Waals surface area contributed by atoms with Gasteiger partial charge in [-0.2, -0.15) is 13.2 Å². The predicted octanol–water partition coefficient (Wildman–Crippen LogP) is 2.60. The van der Waals surface area contributed by atoms with Gasteiger partial charge in [0.1, 0.15) is 10.7 Å². The number of rotatable bonds is 3. The molecule has 33 heavy (non-hydrogen) atoms. The topological polar surface area (TPSA) is 104 Å². The third kappa shape index (κ3) is 7.06. The number of amides is 1. The molecule has 3 rings (SSSR count). The first-order chi connectivity index (χ1) is 15.0. The van der Waals surface area contributed by atoms with Crippen LogP contribution < -0.4 is 5.32 Å². The second kappa shape index (κ2) is 9.49. The van der Waals surface area contributed by atoms with Gasteiger partial charge in [-0.05, 0) is 30.5 Å². The largest absolute Gasteiger partial charge is 0.490 e. The zero-order chi connectivity index (χ0) is 25.2. The van der Waals surface area contributed by atoms with Gasteiger partial charge in [0.25, 0.3) is 5.92 Å². The Bertz CT molecular complexity index is 1010. The van der Waals surface area contributed by atoms with Crippen molar-refractivity contribution in [3.8, 4) is 0 Å². The zero-order valence-corrected chi connectivity index (χ0v) is 18.2. The van der Waals surface area contributed by atoms with Crippen molar-refractivity contribution in [3.05, 3.63) is 29.6 Å². The molecule has 0 saturated carbocycles. The van der Waals surface area contributed by atoms with Crippen LogP contribution in [0.15, 0.2) is 23.1 Å². The van der Waals surface area contributed by atoms with E-state index < -0.39 is 57.0 Å². The molecular formula is C19H22F6N2O5S. The second-order valence-electron chi connectivity index (χ2n) is 8.16. The van der Waals surface area contributed by atoms with Crippen LogP contribution in [0.3, 0.4) is 0 Å². The third-order valence-corrected chi connectivity index (χ3v) is 6.33. The molecule has 1 aromatic rings. The standard InChI is InChI=1S/C17H21F3N2O3S.C2HF3O2/c1-26(24,25)14-7-12(3-4-13(14)18)8-22-10-16(9-17(19,20)11-22)5-2-6-21-15(16)23;3-2(4,5)1(6)7/h3-4,7H,2,5-6,8-11H2,1H3,(H,21,23);(H,6,7). The molecule has 1 spiro atoms. The van der Waals surface area contributed by atoms with Crippen molar-refractivity contribution in [2.45, 2.75) is 42.8 Å². The van der Waals surface area contributed by atoms with E-state index in [-0.39, 0.29) is 19.0 Å². The van der Waals surface area contributed by atoms with Gasteiger partial charge in [-0.3, -0.25) is 9.69 Å². The molecule has 0 radical (unpaired) electrons. The number of sulfone groups is 1. The lowest BCUT2D eigenvalue weighted by atomic mass is 9.72. The van der Waals surface area contributed by atoms with Gasteiger partial charge in [0, 0.05) is 32.3 Å². The highest BCUT2D eigenvalue weighted by molar-refractivity contribution is 7.90. The van der Waals surface area contributed by atoms with E-state index in [4.69, 9.17) is 9.90 Å². The Morgan fingerprint density at radius 1 is 1.24 bits per heavy atom. The lowest BCUT2D eigenvalue weighted by Crippen LogP contribution is -2.59. The van der Waals surface area contributed by atoms with Crippen molar-refractivity contribution in [2.75, 3.05) is 25.9 Å². The molecule has 0 aromatic heterocycles. The number of aliphatic carboxylic acids is 1. The van der Waals surface area contributed by atoms with E-state index in [0.717, 1.165) is 12.3 Å². The number of piperidine rings is 2. The van der Waals surface area contributed by atoms with Gasteiger partial charge in [0.05, 0.1) is 12.0 Å². The Morgan fingerprint density at radius 2 is 1.85 bits per heavy atom. The summed E-state index contributed by atoms with van der Waals surface area (Å²) in [6, 6.07) is 3.58. The number of carbonyl (C=O) groups excluding carboxylic acids is 1. The van der Waals surface area contributed by atoms with Crippen molar-refractivity contribution in [2.24, 2.45) is 5.41 Å². The maximum atomic E-state index is 14.3. The van der Waals surface area contributed by atoms with Gasteiger partial charge < -0.3 is 10.4 Å². The molecule has 2 aliphatic heterocycles. The number of carboxylic acid groups (broad SMARTS) is 1. The molecule has 2 N–H and O–H groups in total. The van der Waals surface area contributed by atoms with Crippen LogP contribution in [0.4, 0.5) is 26.3 Å². The van der Waals surface area contributed by atoms with Crippen LogP contribution in [0.1, 0.15) is 24.8 Å². The Kier molecular flexibility index (Phi) is 7.73. The summed E-state index contributed by atoms with van der Waals surface area (Å²) in [5.41, 5.74) is -0.726. The highest BCUT2D eigenvalue weighted by Gasteiger charge is 2.53. The molecule has 0 bridgehead atoms. The van der Waals surface area contributed by atoms with E-state index in [0.29, 0.717) is 24.9 Å². The molecule has 1 unspecified atom stereocenters. The minimum Gasteiger partial charge on any atom is -0.475 e. The number of nitrogens with zero attached hydrogens (tertiary/aromatic N) is 1. The lowest BCUT2D eigenvalue weighted by molar-refractivity contribution is -0.192.